The summed E-state index contributed by atoms with van der Waals surface area (Å²) in [5, 5.41) is 4.22. The Kier molecular flexibility index (Phi) is 5.65. The van der Waals surface area contributed by atoms with E-state index in [2.05, 4.69) is 26.1 Å². The van der Waals surface area contributed by atoms with E-state index in [-0.39, 0.29) is 18.1 Å². The van der Waals surface area contributed by atoms with E-state index in [9.17, 15) is 4.79 Å². The van der Waals surface area contributed by atoms with Gasteiger partial charge in [-0.25, -0.2) is 0 Å². The summed E-state index contributed by atoms with van der Waals surface area (Å²) < 4.78 is 0. The maximum atomic E-state index is 12.7. The number of amides is 1. The Morgan fingerprint density at radius 3 is 2.76 bits per heavy atom. The molecule has 3 atom stereocenters. The van der Waals surface area contributed by atoms with Crippen molar-refractivity contribution in [3.8, 4) is 0 Å². The SMILES string of the molecule is CCCCN1C(=O)C(C(C)CC)NC1c1cccc(Cl)c1. The van der Waals surface area contributed by atoms with Gasteiger partial charge in [0, 0.05) is 11.6 Å². The largest absolute Gasteiger partial charge is 0.322 e. The van der Waals surface area contributed by atoms with Crippen molar-refractivity contribution in [1.82, 2.24) is 10.2 Å². The number of nitrogens with zero attached hydrogens (tertiary/aromatic N) is 1. The Morgan fingerprint density at radius 2 is 2.14 bits per heavy atom. The lowest BCUT2D eigenvalue weighted by atomic mass is 9.99. The maximum absolute atomic E-state index is 12.7. The summed E-state index contributed by atoms with van der Waals surface area (Å²) in [5.74, 6) is 0.564. The fourth-order valence-electron chi connectivity index (χ4n) is 2.80. The zero-order valence-corrected chi connectivity index (χ0v) is 13.9. The Labute approximate surface area is 132 Å². The number of halogens is 1. The van der Waals surface area contributed by atoms with Gasteiger partial charge in [0.2, 0.25) is 5.91 Å². The minimum absolute atomic E-state index is 0.0539. The van der Waals surface area contributed by atoms with Gasteiger partial charge in [-0.15, -0.1) is 0 Å². The van der Waals surface area contributed by atoms with Crippen LogP contribution in [0.4, 0.5) is 0 Å². The van der Waals surface area contributed by atoms with Crippen LogP contribution in [0.15, 0.2) is 24.3 Å². The van der Waals surface area contributed by atoms with Crippen molar-refractivity contribution in [2.75, 3.05) is 6.54 Å². The quantitative estimate of drug-likeness (QED) is 0.862. The molecule has 3 nitrogen and oxygen atoms in total. The fourth-order valence-corrected chi connectivity index (χ4v) is 3.00. The van der Waals surface area contributed by atoms with Gasteiger partial charge in [0.1, 0.15) is 6.17 Å². The number of hydrogen-bond donors (Lipinski definition) is 1. The molecule has 1 heterocycles. The van der Waals surface area contributed by atoms with Crippen LogP contribution < -0.4 is 5.32 Å². The molecule has 21 heavy (non-hydrogen) atoms. The number of nitrogens with one attached hydrogen (secondary N) is 1. The van der Waals surface area contributed by atoms with Gasteiger partial charge in [-0.2, -0.15) is 0 Å². The Morgan fingerprint density at radius 1 is 1.38 bits per heavy atom. The molecule has 0 spiro atoms. The van der Waals surface area contributed by atoms with Crippen LogP contribution in [0.1, 0.15) is 51.8 Å². The second kappa shape index (κ2) is 7.28. The van der Waals surface area contributed by atoms with Crippen LogP contribution >= 0.6 is 11.6 Å². The van der Waals surface area contributed by atoms with E-state index in [0.29, 0.717) is 10.9 Å². The average molecular weight is 309 g/mol. The summed E-state index contributed by atoms with van der Waals surface area (Å²) in [6.07, 6.45) is 3.05. The number of carbonyl (C=O) groups excluding carboxylic acids is 1. The second-order valence-corrected chi connectivity index (χ2v) is 6.31. The van der Waals surface area contributed by atoms with Gasteiger partial charge in [-0.05, 0) is 30.0 Å². The van der Waals surface area contributed by atoms with Gasteiger partial charge in [0.15, 0.2) is 0 Å². The minimum atomic E-state index is -0.0872. The van der Waals surface area contributed by atoms with Crippen LogP contribution in [0.25, 0.3) is 0 Å². The van der Waals surface area contributed by atoms with Crippen molar-refractivity contribution in [2.45, 2.75) is 52.2 Å². The molecular weight excluding hydrogens is 284 g/mol. The maximum Gasteiger partial charge on any atom is 0.241 e. The van der Waals surface area contributed by atoms with Crippen LogP contribution in [-0.2, 0) is 4.79 Å². The Bertz CT molecular complexity index is 491. The minimum Gasteiger partial charge on any atom is -0.322 e. The molecule has 1 amide bonds. The molecule has 0 radical (unpaired) electrons. The molecule has 116 valence electrons. The third-order valence-corrected chi connectivity index (χ3v) is 4.56. The van der Waals surface area contributed by atoms with Crippen LogP contribution in [0.2, 0.25) is 5.02 Å². The number of hydrogen-bond acceptors (Lipinski definition) is 2. The van der Waals surface area contributed by atoms with Crippen molar-refractivity contribution >= 4 is 17.5 Å². The molecule has 1 N–H and O–H groups in total. The summed E-state index contributed by atoms with van der Waals surface area (Å²) in [6, 6.07) is 7.71. The molecule has 3 unspecified atom stereocenters. The Balaban J connectivity index is 2.26. The number of unbranched alkanes of at least 4 members (excludes halogenated alkanes) is 1. The van der Waals surface area contributed by atoms with Gasteiger partial charge in [-0.1, -0.05) is 57.3 Å². The van der Waals surface area contributed by atoms with Crippen molar-refractivity contribution in [3.05, 3.63) is 34.9 Å². The predicted octanol–water partition coefficient (Wildman–Crippen LogP) is 3.99. The first-order valence-electron chi connectivity index (χ1n) is 7.90. The van der Waals surface area contributed by atoms with Gasteiger partial charge >= 0.3 is 0 Å². The number of carbonyl (C=O) groups is 1. The van der Waals surface area contributed by atoms with E-state index < -0.39 is 0 Å². The molecular formula is C17H25ClN2O. The lowest BCUT2D eigenvalue weighted by molar-refractivity contribution is -0.131. The number of rotatable bonds is 6. The molecule has 1 aliphatic rings. The first-order chi connectivity index (χ1) is 10.1. The van der Waals surface area contributed by atoms with E-state index in [0.717, 1.165) is 31.4 Å². The standard InChI is InChI=1S/C17H25ClN2O/c1-4-6-10-20-16(13-8-7-9-14(18)11-13)19-15(17(20)21)12(3)5-2/h7-9,11-12,15-16,19H,4-6,10H2,1-3H3. The van der Waals surface area contributed by atoms with Crippen molar-refractivity contribution in [2.24, 2.45) is 5.92 Å². The molecule has 4 heteroatoms. The third-order valence-electron chi connectivity index (χ3n) is 4.33. The first-order valence-corrected chi connectivity index (χ1v) is 8.28. The summed E-state index contributed by atoms with van der Waals surface area (Å²) in [6.45, 7) is 7.21. The molecule has 1 aliphatic heterocycles. The molecule has 0 saturated carbocycles. The molecule has 0 aromatic heterocycles. The summed E-state index contributed by atoms with van der Waals surface area (Å²) >= 11 is 6.11. The van der Waals surface area contributed by atoms with E-state index in [1.165, 1.54) is 0 Å². The highest BCUT2D eigenvalue weighted by atomic mass is 35.5. The van der Waals surface area contributed by atoms with Crippen molar-refractivity contribution in [1.29, 1.82) is 0 Å². The normalized spacial score (nSPS) is 23.6. The average Bonchev–Trinajstić information content (AvgIpc) is 2.81. The van der Waals surface area contributed by atoms with Crippen molar-refractivity contribution < 1.29 is 4.79 Å². The van der Waals surface area contributed by atoms with Crippen LogP contribution in [0.3, 0.4) is 0 Å². The first kappa shape index (κ1) is 16.3. The highest BCUT2D eigenvalue weighted by Crippen LogP contribution is 2.30. The van der Waals surface area contributed by atoms with Crippen molar-refractivity contribution in [3.63, 3.8) is 0 Å². The molecule has 0 aliphatic carbocycles. The van der Waals surface area contributed by atoms with Gasteiger partial charge < -0.3 is 4.90 Å². The Hall–Kier alpha value is -1.06. The zero-order chi connectivity index (χ0) is 15.4. The molecule has 1 aromatic rings. The van der Waals surface area contributed by atoms with Gasteiger partial charge in [0.25, 0.3) is 0 Å². The van der Waals surface area contributed by atoms with E-state index in [4.69, 9.17) is 11.6 Å². The monoisotopic (exact) mass is 308 g/mol. The summed E-state index contributed by atoms with van der Waals surface area (Å²) in [5.41, 5.74) is 1.07. The lowest BCUT2D eigenvalue weighted by Crippen LogP contribution is -2.35. The zero-order valence-electron chi connectivity index (χ0n) is 13.1. The van der Waals surface area contributed by atoms with Crippen LogP contribution in [-0.4, -0.2) is 23.4 Å². The molecule has 1 saturated heterocycles. The third kappa shape index (κ3) is 3.58. The summed E-state index contributed by atoms with van der Waals surface area (Å²) in [7, 11) is 0. The van der Waals surface area contributed by atoms with E-state index in [1.54, 1.807) is 0 Å². The molecule has 1 aromatic carbocycles. The highest BCUT2D eigenvalue weighted by molar-refractivity contribution is 6.30. The molecule has 0 bridgehead atoms. The molecule has 2 rings (SSSR count). The topological polar surface area (TPSA) is 32.3 Å². The van der Waals surface area contributed by atoms with Gasteiger partial charge in [-0.3, -0.25) is 10.1 Å². The fraction of sp³-hybridized carbons (Fsp3) is 0.588. The van der Waals surface area contributed by atoms with Crippen LogP contribution in [0.5, 0.6) is 0 Å². The number of benzene rings is 1. The lowest BCUT2D eigenvalue weighted by Gasteiger charge is -2.24. The predicted molar refractivity (Wildman–Crippen MR) is 87.2 cm³/mol. The molecule has 1 fully saturated rings. The van der Waals surface area contributed by atoms with Crippen LogP contribution in [0, 0.1) is 5.92 Å². The smallest absolute Gasteiger partial charge is 0.241 e. The van der Waals surface area contributed by atoms with Gasteiger partial charge in [0.05, 0.1) is 6.04 Å². The van der Waals surface area contributed by atoms with E-state index in [1.807, 2.05) is 29.2 Å². The second-order valence-electron chi connectivity index (χ2n) is 5.87. The van der Waals surface area contributed by atoms with E-state index >= 15 is 0 Å². The highest BCUT2D eigenvalue weighted by Gasteiger charge is 2.41. The summed E-state index contributed by atoms with van der Waals surface area (Å²) in [4.78, 5) is 14.7.